The molecule has 1 aliphatic carbocycles. The molecular formula is C19H32N2O. The van der Waals surface area contributed by atoms with E-state index in [-0.39, 0.29) is 17.9 Å². The molecular weight excluding hydrogens is 272 g/mol. The summed E-state index contributed by atoms with van der Waals surface area (Å²) in [7, 11) is 0. The van der Waals surface area contributed by atoms with Crippen LogP contribution in [0.2, 0.25) is 0 Å². The van der Waals surface area contributed by atoms with Crippen LogP contribution in [-0.2, 0) is 4.79 Å². The Kier molecular flexibility index (Phi) is 7.60. The molecule has 4 atom stereocenters. The predicted molar refractivity (Wildman–Crippen MR) is 94.3 cm³/mol. The smallest absolute Gasteiger partial charge is 0.223 e. The predicted octanol–water partition coefficient (Wildman–Crippen LogP) is 3.44. The van der Waals surface area contributed by atoms with E-state index in [1.807, 2.05) is 6.08 Å². The summed E-state index contributed by atoms with van der Waals surface area (Å²) in [5, 5.41) is 3.04. The minimum atomic E-state index is -0.238. The van der Waals surface area contributed by atoms with Crippen molar-refractivity contribution in [3.05, 3.63) is 37.0 Å². The second-order valence-corrected chi connectivity index (χ2v) is 6.89. The van der Waals surface area contributed by atoms with E-state index in [1.54, 1.807) is 12.2 Å². The van der Waals surface area contributed by atoms with E-state index in [0.717, 1.165) is 18.4 Å². The minimum absolute atomic E-state index is 0.117. The molecule has 0 aromatic rings. The van der Waals surface area contributed by atoms with E-state index in [4.69, 9.17) is 5.73 Å². The number of carbonyl (C=O) groups is 1. The summed E-state index contributed by atoms with van der Waals surface area (Å²) in [5.74, 6) is 1.93. The molecule has 1 aliphatic rings. The van der Waals surface area contributed by atoms with Crippen LogP contribution in [0.4, 0.5) is 0 Å². The lowest BCUT2D eigenvalue weighted by atomic mass is 9.70. The number of hydrogen-bond donors (Lipinski definition) is 2. The van der Waals surface area contributed by atoms with Crippen molar-refractivity contribution in [3.63, 3.8) is 0 Å². The van der Waals surface area contributed by atoms with Gasteiger partial charge in [0.1, 0.15) is 0 Å². The lowest BCUT2D eigenvalue weighted by molar-refractivity contribution is -0.129. The fraction of sp³-hybridized carbons (Fsp3) is 0.632. The summed E-state index contributed by atoms with van der Waals surface area (Å²) < 4.78 is 0. The molecule has 3 N–H and O–H groups in total. The zero-order valence-corrected chi connectivity index (χ0v) is 14.3. The fourth-order valence-corrected chi connectivity index (χ4v) is 3.44. The van der Waals surface area contributed by atoms with Crippen molar-refractivity contribution in [1.29, 1.82) is 0 Å². The summed E-state index contributed by atoms with van der Waals surface area (Å²) in [6.45, 7) is 14.5. The van der Waals surface area contributed by atoms with Crippen molar-refractivity contribution in [2.75, 3.05) is 6.54 Å². The van der Waals surface area contributed by atoms with Gasteiger partial charge in [0.15, 0.2) is 0 Å². The Bertz CT molecular complexity index is 425. The molecule has 0 bridgehead atoms. The maximum atomic E-state index is 12.6. The van der Waals surface area contributed by atoms with Crippen LogP contribution in [0.25, 0.3) is 0 Å². The molecule has 2 unspecified atom stereocenters. The zero-order valence-electron chi connectivity index (χ0n) is 14.3. The van der Waals surface area contributed by atoms with Gasteiger partial charge in [0, 0.05) is 18.5 Å². The van der Waals surface area contributed by atoms with Crippen molar-refractivity contribution >= 4 is 5.91 Å². The maximum Gasteiger partial charge on any atom is 0.223 e. The van der Waals surface area contributed by atoms with Crippen LogP contribution >= 0.6 is 0 Å². The Morgan fingerprint density at radius 3 is 2.59 bits per heavy atom. The average Bonchev–Trinajstić information content (AvgIpc) is 2.49. The van der Waals surface area contributed by atoms with Crippen molar-refractivity contribution < 1.29 is 4.79 Å². The third kappa shape index (κ3) is 5.13. The number of nitrogens with two attached hydrogens (primary N) is 1. The topological polar surface area (TPSA) is 55.1 Å². The van der Waals surface area contributed by atoms with E-state index in [2.05, 4.69) is 39.2 Å². The number of carbonyl (C=O) groups excluding carboxylic acids is 1. The second kappa shape index (κ2) is 8.94. The Hall–Kier alpha value is -1.35. The van der Waals surface area contributed by atoms with Crippen LogP contribution in [0.15, 0.2) is 37.0 Å². The van der Waals surface area contributed by atoms with Gasteiger partial charge in [0.05, 0.1) is 0 Å². The monoisotopic (exact) mass is 304 g/mol. The van der Waals surface area contributed by atoms with Gasteiger partial charge in [-0.2, -0.15) is 0 Å². The van der Waals surface area contributed by atoms with Gasteiger partial charge in [0.25, 0.3) is 0 Å². The summed E-state index contributed by atoms with van der Waals surface area (Å²) in [4.78, 5) is 12.6. The van der Waals surface area contributed by atoms with Crippen LogP contribution in [0.3, 0.4) is 0 Å². The fourth-order valence-electron chi connectivity index (χ4n) is 3.44. The molecule has 1 amide bonds. The Balaban J connectivity index is 2.64. The first-order chi connectivity index (χ1) is 10.4. The van der Waals surface area contributed by atoms with Crippen LogP contribution in [0.5, 0.6) is 0 Å². The molecule has 1 fully saturated rings. The van der Waals surface area contributed by atoms with Crippen LogP contribution in [-0.4, -0.2) is 18.5 Å². The highest BCUT2D eigenvalue weighted by Crippen LogP contribution is 2.38. The Morgan fingerprint density at radius 1 is 1.36 bits per heavy atom. The van der Waals surface area contributed by atoms with Gasteiger partial charge in [-0.15, -0.1) is 0 Å². The third-order valence-electron chi connectivity index (χ3n) is 4.83. The van der Waals surface area contributed by atoms with Gasteiger partial charge in [-0.3, -0.25) is 4.79 Å². The number of amides is 1. The molecule has 3 heteroatoms. The summed E-state index contributed by atoms with van der Waals surface area (Å²) >= 11 is 0. The quantitative estimate of drug-likeness (QED) is 0.708. The standard InChI is InChI=1S/C19H32N2O/c1-6-8-15(7-2)18(20)12-21-19(22)17-11-14(5)9-10-16(17)13(3)4/h6-8,13-14,16-18H,1-2,9-12,20H2,3-5H3,(H,21,22)/b15-8+/t14?,16-,17+,18?/m0/s1. The molecule has 0 aromatic heterocycles. The Morgan fingerprint density at radius 2 is 2.05 bits per heavy atom. The summed E-state index contributed by atoms with van der Waals surface area (Å²) in [6, 6.07) is -0.238. The van der Waals surface area contributed by atoms with Gasteiger partial charge in [-0.1, -0.05) is 58.6 Å². The van der Waals surface area contributed by atoms with Crippen LogP contribution in [0.1, 0.15) is 40.0 Å². The normalized spacial score (nSPS) is 27.3. The van der Waals surface area contributed by atoms with Crippen molar-refractivity contribution in [2.45, 2.75) is 46.1 Å². The van der Waals surface area contributed by atoms with E-state index < -0.39 is 0 Å². The molecule has 22 heavy (non-hydrogen) atoms. The molecule has 1 saturated carbocycles. The Labute approximate surface area is 135 Å². The highest BCUT2D eigenvalue weighted by molar-refractivity contribution is 5.79. The lowest BCUT2D eigenvalue weighted by Crippen LogP contribution is -2.44. The SMILES string of the molecule is C=C/C=C(\C=C)C(N)CNC(=O)[C@@H]1CC(C)CC[C@H]1C(C)C. The van der Waals surface area contributed by atoms with E-state index in [0.29, 0.717) is 24.3 Å². The maximum absolute atomic E-state index is 12.6. The number of nitrogens with one attached hydrogen (secondary N) is 1. The molecule has 1 rings (SSSR count). The van der Waals surface area contributed by atoms with Crippen molar-refractivity contribution in [3.8, 4) is 0 Å². The van der Waals surface area contributed by atoms with E-state index >= 15 is 0 Å². The highest BCUT2D eigenvalue weighted by Gasteiger charge is 2.35. The number of hydrogen-bond acceptors (Lipinski definition) is 2. The lowest BCUT2D eigenvalue weighted by Gasteiger charge is -2.36. The molecule has 3 nitrogen and oxygen atoms in total. The molecule has 0 aliphatic heterocycles. The summed E-state index contributed by atoms with van der Waals surface area (Å²) in [6.07, 6.45) is 8.62. The van der Waals surface area contributed by atoms with Gasteiger partial charge >= 0.3 is 0 Å². The van der Waals surface area contributed by atoms with Gasteiger partial charge in [0.2, 0.25) is 5.91 Å². The second-order valence-electron chi connectivity index (χ2n) is 6.89. The molecule has 0 heterocycles. The first-order valence-corrected chi connectivity index (χ1v) is 8.39. The molecule has 124 valence electrons. The molecule has 0 radical (unpaired) electrons. The molecule has 0 saturated heterocycles. The van der Waals surface area contributed by atoms with Crippen LogP contribution < -0.4 is 11.1 Å². The van der Waals surface area contributed by atoms with Crippen molar-refractivity contribution in [1.82, 2.24) is 5.32 Å². The average molecular weight is 304 g/mol. The molecule has 0 spiro atoms. The number of rotatable bonds is 7. The first kappa shape index (κ1) is 18.7. The largest absolute Gasteiger partial charge is 0.354 e. The van der Waals surface area contributed by atoms with Gasteiger partial charge in [-0.25, -0.2) is 0 Å². The number of allylic oxidation sites excluding steroid dienone is 2. The minimum Gasteiger partial charge on any atom is -0.354 e. The highest BCUT2D eigenvalue weighted by atomic mass is 16.1. The third-order valence-corrected chi connectivity index (χ3v) is 4.83. The van der Waals surface area contributed by atoms with E-state index in [9.17, 15) is 4.79 Å². The van der Waals surface area contributed by atoms with Crippen LogP contribution in [0, 0.1) is 23.7 Å². The van der Waals surface area contributed by atoms with Gasteiger partial charge in [-0.05, 0) is 36.2 Å². The van der Waals surface area contributed by atoms with E-state index in [1.165, 1.54) is 6.42 Å². The van der Waals surface area contributed by atoms with Crippen molar-refractivity contribution in [2.24, 2.45) is 29.4 Å². The molecule has 0 aromatic carbocycles. The zero-order chi connectivity index (χ0) is 16.7. The first-order valence-electron chi connectivity index (χ1n) is 8.39. The summed E-state index contributed by atoms with van der Waals surface area (Å²) in [5.41, 5.74) is 7.01. The van der Waals surface area contributed by atoms with Gasteiger partial charge < -0.3 is 11.1 Å².